The van der Waals surface area contributed by atoms with Crippen LogP contribution in [0.4, 0.5) is 0 Å². The molecule has 5 atom stereocenters. The molecule has 0 saturated carbocycles. The predicted octanol–water partition coefficient (Wildman–Crippen LogP) is 11.6. The topological polar surface area (TPSA) is 46.2 Å². The fourth-order valence-electron chi connectivity index (χ4n) is 7.46. The van der Waals surface area contributed by atoms with Crippen molar-refractivity contribution in [3.8, 4) is 11.8 Å². The minimum atomic E-state index is -2.10. The van der Waals surface area contributed by atoms with Crippen LogP contribution >= 0.6 is 22.6 Å². The quantitative estimate of drug-likeness (QED) is 0.0701. The van der Waals surface area contributed by atoms with E-state index in [2.05, 4.69) is 142 Å². The molecule has 0 N–H and O–H groups in total. The van der Waals surface area contributed by atoms with E-state index in [4.69, 9.17) is 22.4 Å². The zero-order valence-corrected chi connectivity index (χ0v) is 39.0. The summed E-state index contributed by atoms with van der Waals surface area (Å²) in [5, 5.41) is 0. The van der Waals surface area contributed by atoms with Gasteiger partial charge in [-0.05, 0) is 107 Å². The number of rotatable bonds is 21. The van der Waals surface area contributed by atoms with Crippen molar-refractivity contribution >= 4 is 55.9 Å². The van der Waals surface area contributed by atoms with Crippen LogP contribution in [-0.4, -0.2) is 70.4 Å². The Morgan fingerprint density at radius 1 is 0.562 bits per heavy atom. The van der Waals surface area contributed by atoms with Crippen molar-refractivity contribution in [2.75, 3.05) is 6.61 Å². The average Bonchev–Trinajstić information content (AvgIpc) is 3.14. The first-order valence-corrected chi connectivity index (χ1v) is 30.8. The minimum absolute atomic E-state index is 0.248. The van der Waals surface area contributed by atoms with Gasteiger partial charge < -0.3 is 22.4 Å². The third-order valence-corrected chi connectivity index (χ3v) is 31.8. The van der Waals surface area contributed by atoms with Gasteiger partial charge in [0.2, 0.25) is 0 Å². The summed E-state index contributed by atoms with van der Waals surface area (Å²) in [6.45, 7) is 28.3. The van der Waals surface area contributed by atoms with Gasteiger partial charge in [0, 0.05) is 9.13 Å². The fourth-order valence-corrected chi connectivity index (χ4v) is 19.2. The van der Waals surface area contributed by atoms with Crippen LogP contribution in [0.3, 0.4) is 0 Å². The van der Waals surface area contributed by atoms with Gasteiger partial charge in [-0.3, -0.25) is 0 Å². The van der Waals surface area contributed by atoms with Crippen molar-refractivity contribution in [3.05, 3.63) is 33.4 Å². The second kappa shape index (κ2) is 21.0. The Morgan fingerprint density at radius 2 is 0.958 bits per heavy atom. The molecule has 1 aromatic rings. The van der Waals surface area contributed by atoms with Crippen LogP contribution in [0.25, 0.3) is 0 Å². The van der Waals surface area contributed by atoms with Crippen molar-refractivity contribution in [2.24, 2.45) is 0 Å². The number of benzene rings is 1. The van der Waals surface area contributed by atoms with Crippen molar-refractivity contribution in [3.63, 3.8) is 0 Å². The summed E-state index contributed by atoms with van der Waals surface area (Å²) in [6, 6.07) is 21.3. The van der Waals surface area contributed by atoms with Gasteiger partial charge >= 0.3 is 0 Å². The van der Waals surface area contributed by atoms with Crippen molar-refractivity contribution in [1.82, 2.24) is 0 Å². The van der Waals surface area contributed by atoms with Crippen molar-refractivity contribution in [1.29, 1.82) is 0 Å². The number of ether oxygens (including phenoxy) is 1. The van der Waals surface area contributed by atoms with Gasteiger partial charge in [0.15, 0.2) is 33.3 Å². The first kappa shape index (κ1) is 44.3. The monoisotopic (exact) mass is 846 g/mol. The van der Waals surface area contributed by atoms with Crippen LogP contribution in [0.2, 0.25) is 72.5 Å². The van der Waals surface area contributed by atoms with E-state index in [1.54, 1.807) is 0 Å². The van der Waals surface area contributed by atoms with E-state index in [0.717, 1.165) is 81.7 Å². The van der Waals surface area contributed by atoms with Crippen LogP contribution in [0, 0.1) is 15.4 Å². The number of halogens is 1. The highest BCUT2D eigenvalue weighted by Gasteiger charge is 2.54. The second-order valence-electron chi connectivity index (χ2n) is 13.9. The highest BCUT2D eigenvalue weighted by molar-refractivity contribution is 14.1. The van der Waals surface area contributed by atoms with E-state index >= 15 is 0 Å². The Morgan fingerprint density at radius 3 is 1.38 bits per heavy atom. The molecule has 10 heteroatoms. The van der Waals surface area contributed by atoms with Gasteiger partial charge in [-0.15, -0.1) is 0 Å². The molecule has 1 aliphatic rings. The summed E-state index contributed by atoms with van der Waals surface area (Å²) in [5.74, 6) is 7.20. The molecule has 0 amide bonds. The molecule has 5 nitrogen and oxygen atoms in total. The second-order valence-corrected chi connectivity index (χ2v) is 34.0. The third kappa shape index (κ3) is 10.9. The normalized spacial score (nSPS) is 22.4. The maximum atomic E-state index is 7.70. The van der Waals surface area contributed by atoms with Crippen LogP contribution in [-0.2, 0) is 22.4 Å². The Hall–Kier alpha value is 0.178. The van der Waals surface area contributed by atoms with Crippen LogP contribution in [0.15, 0.2) is 24.3 Å². The lowest BCUT2D eigenvalue weighted by Gasteiger charge is -2.52. The Kier molecular flexibility index (Phi) is 19.4. The van der Waals surface area contributed by atoms with E-state index < -0.39 is 39.4 Å². The molecule has 0 spiro atoms. The maximum Gasteiger partial charge on any atom is 0.192 e. The molecule has 276 valence electrons. The molecule has 48 heavy (non-hydrogen) atoms. The van der Waals surface area contributed by atoms with Crippen LogP contribution < -0.4 is 0 Å². The van der Waals surface area contributed by atoms with E-state index in [0.29, 0.717) is 6.61 Å². The van der Waals surface area contributed by atoms with Gasteiger partial charge in [-0.1, -0.05) is 107 Å². The molecule has 1 heterocycles. The molecular formula is C38H71IO5Si4. The third-order valence-electron chi connectivity index (χ3n) is 12.3. The van der Waals surface area contributed by atoms with Gasteiger partial charge in [0.05, 0.1) is 6.61 Å². The smallest absolute Gasteiger partial charge is 0.192 e. The number of hydrogen-bond donors (Lipinski definition) is 0. The molecule has 1 fully saturated rings. The largest absolute Gasteiger partial charge is 0.414 e. The van der Waals surface area contributed by atoms with Gasteiger partial charge in [-0.25, -0.2) is 0 Å². The average molecular weight is 847 g/mol. The minimum Gasteiger partial charge on any atom is -0.414 e. The van der Waals surface area contributed by atoms with Gasteiger partial charge in [0.1, 0.15) is 30.5 Å². The molecule has 0 aromatic heterocycles. The molecule has 0 radical (unpaired) electrons. The highest BCUT2D eigenvalue weighted by atomic mass is 127. The van der Waals surface area contributed by atoms with Crippen LogP contribution in [0.1, 0.15) is 88.6 Å². The molecule has 0 unspecified atom stereocenters. The summed E-state index contributed by atoms with van der Waals surface area (Å²) in [6.07, 6.45) is -1.51. The van der Waals surface area contributed by atoms with Crippen molar-refractivity contribution in [2.45, 2.75) is 186 Å². The molecule has 1 saturated heterocycles. The van der Waals surface area contributed by atoms with Crippen molar-refractivity contribution < 1.29 is 22.4 Å². The molecule has 0 bridgehead atoms. The summed E-state index contributed by atoms with van der Waals surface area (Å²) < 4.78 is 38.3. The summed E-state index contributed by atoms with van der Waals surface area (Å²) in [5.41, 5.74) is 1.03. The highest BCUT2D eigenvalue weighted by Crippen LogP contribution is 2.40. The molecule has 1 aromatic carbocycles. The lowest BCUT2D eigenvalue weighted by Crippen LogP contribution is -2.67. The van der Waals surface area contributed by atoms with Gasteiger partial charge in [0.25, 0.3) is 0 Å². The summed E-state index contributed by atoms with van der Waals surface area (Å²) in [4.78, 5) is 0. The Labute approximate surface area is 314 Å². The Bertz CT molecular complexity index is 1090. The summed E-state index contributed by atoms with van der Waals surface area (Å²) >= 11 is 2.39. The SMILES string of the molecule is CC[Si](CC)(CC)OC[C@H]1O[C@@H](C#Cc2ccccc2I)[C@H](O[Si](CC)(CC)CC)[C@@H](O[Si](CC)(CC)CC)[C@@H]1O[Si](CC)(CC)CC. The zero-order chi connectivity index (χ0) is 36.0. The fraction of sp³-hybridized carbons (Fsp3) is 0.789. The molecule has 0 aliphatic carbocycles. The lowest BCUT2D eigenvalue weighted by atomic mass is 9.95. The van der Waals surface area contributed by atoms with E-state index in [1.165, 1.54) is 0 Å². The van der Waals surface area contributed by atoms with E-state index in [-0.39, 0.29) is 24.4 Å². The first-order valence-electron chi connectivity index (χ1n) is 19.6. The zero-order valence-electron chi connectivity index (χ0n) is 32.8. The lowest BCUT2D eigenvalue weighted by molar-refractivity contribution is -0.199. The molecule has 1 aliphatic heterocycles. The van der Waals surface area contributed by atoms with E-state index in [1.807, 2.05) is 0 Å². The summed E-state index contributed by atoms with van der Waals surface area (Å²) in [7, 11) is -8.17. The first-order chi connectivity index (χ1) is 23.0. The standard InChI is InChI=1S/C38H71IO5Si4/c1-13-45(14-2,15-3)40-31-35-37(43-47(19-7,20-8)21-9)38(44-48(22-10,23-11)24-12)36(42-46(16-4,17-5)18-6)34(41-35)30-29-32-27-25-26-28-33(32)39/h25-28,34-38H,13-24,31H2,1-12H3/t34-,35+,36-,37+,38+/m0/s1. The Balaban J connectivity index is 2.91. The van der Waals surface area contributed by atoms with E-state index in [9.17, 15) is 0 Å². The maximum absolute atomic E-state index is 7.70. The van der Waals surface area contributed by atoms with Crippen LogP contribution in [0.5, 0.6) is 0 Å². The van der Waals surface area contributed by atoms with Gasteiger partial charge in [-0.2, -0.15) is 0 Å². The number of hydrogen-bond acceptors (Lipinski definition) is 5. The molecular weight excluding hydrogens is 776 g/mol. The predicted molar refractivity (Wildman–Crippen MR) is 224 cm³/mol. The molecule has 2 rings (SSSR count).